The number of methoxy groups -OCH3 is 1. The molecule has 2 aromatic rings. The van der Waals surface area contributed by atoms with Gasteiger partial charge in [-0.3, -0.25) is 4.90 Å². The van der Waals surface area contributed by atoms with Crippen molar-refractivity contribution < 1.29 is 14.3 Å². The number of anilines is 1. The van der Waals surface area contributed by atoms with Crippen LogP contribution >= 0.6 is 0 Å². The molecule has 6 nitrogen and oxygen atoms in total. The highest BCUT2D eigenvalue weighted by Crippen LogP contribution is 2.32. The first-order chi connectivity index (χ1) is 11.8. The van der Waals surface area contributed by atoms with Crippen LogP contribution in [-0.4, -0.2) is 48.3 Å². The number of para-hydroxylation sites is 1. The lowest BCUT2D eigenvalue weighted by Crippen LogP contribution is -2.37. The second-order valence-corrected chi connectivity index (χ2v) is 6.02. The van der Waals surface area contributed by atoms with Gasteiger partial charge in [0.1, 0.15) is 17.7 Å². The van der Waals surface area contributed by atoms with Gasteiger partial charge < -0.3 is 14.4 Å². The molecule has 2 fully saturated rings. The van der Waals surface area contributed by atoms with Gasteiger partial charge >= 0.3 is 6.09 Å². The normalized spacial score (nSPS) is 22.5. The van der Waals surface area contributed by atoms with Crippen molar-refractivity contribution in [3.8, 4) is 5.75 Å². The molecule has 0 spiro atoms. The lowest BCUT2D eigenvalue weighted by atomic mass is 10.1. The van der Waals surface area contributed by atoms with Gasteiger partial charge in [-0.25, -0.2) is 9.78 Å². The molecular formula is C18H19N3O3. The zero-order chi connectivity index (χ0) is 16.5. The van der Waals surface area contributed by atoms with Gasteiger partial charge in [0.15, 0.2) is 0 Å². The van der Waals surface area contributed by atoms with Crippen LogP contribution in [0.5, 0.6) is 5.75 Å². The Kier molecular flexibility index (Phi) is 3.72. The van der Waals surface area contributed by atoms with Crippen molar-refractivity contribution in [2.75, 3.05) is 25.1 Å². The zero-order valence-corrected chi connectivity index (χ0v) is 13.5. The SMILES string of the molecule is COc1ccccc1CN1C(=O)O[C@@H]2CN(c3ccccn3)C[C@@H]21. The molecule has 124 valence electrons. The summed E-state index contributed by atoms with van der Waals surface area (Å²) in [7, 11) is 1.64. The van der Waals surface area contributed by atoms with E-state index in [0.29, 0.717) is 13.1 Å². The van der Waals surface area contributed by atoms with E-state index in [4.69, 9.17) is 9.47 Å². The molecule has 0 aliphatic carbocycles. The Morgan fingerprint density at radius 3 is 2.83 bits per heavy atom. The fourth-order valence-electron chi connectivity index (χ4n) is 3.43. The van der Waals surface area contributed by atoms with E-state index in [1.54, 1.807) is 18.2 Å². The molecule has 24 heavy (non-hydrogen) atoms. The van der Waals surface area contributed by atoms with Gasteiger partial charge in [-0.05, 0) is 18.2 Å². The summed E-state index contributed by atoms with van der Waals surface area (Å²) in [4.78, 5) is 20.6. The minimum atomic E-state index is -0.253. The number of fused-ring (bicyclic) bond motifs is 1. The fourth-order valence-corrected chi connectivity index (χ4v) is 3.43. The van der Waals surface area contributed by atoms with Crippen LogP contribution in [0.1, 0.15) is 5.56 Å². The summed E-state index contributed by atoms with van der Waals surface area (Å²) in [6.07, 6.45) is 1.41. The molecule has 4 rings (SSSR count). The molecule has 0 bridgehead atoms. The van der Waals surface area contributed by atoms with Crippen molar-refractivity contribution in [2.24, 2.45) is 0 Å². The number of hydrogen-bond acceptors (Lipinski definition) is 5. The first-order valence-corrected chi connectivity index (χ1v) is 8.01. The Morgan fingerprint density at radius 1 is 1.21 bits per heavy atom. The van der Waals surface area contributed by atoms with Crippen molar-refractivity contribution >= 4 is 11.9 Å². The molecule has 0 radical (unpaired) electrons. The van der Waals surface area contributed by atoms with Crippen LogP contribution in [-0.2, 0) is 11.3 Å². The molecule has 3 heterocycles. The number of carbonyl (C=O) groups excluding carboxylic acids is 1. The molecule has 0 N–H and O–H groups in total. The summed E-state index contributed by atoms with van der Waals surface area (Å²) in [5.74, 6) is 1.70. The number of nitrogens with zero attached hydrogens (tertiary/aromatic N) is 3. The predicted octanol–water partition coefficient (Wildman–Crippen LogP) is 2.30. The molecule has 6 heteroatoms. The Hall–Kier alpha value is -2.76. The van der Waals surface area contributed by atoms with E-state index in [9.17, 15) is 4.79 Å². The maximum Gasteiger partial charge on any atom is 0.410 e. The first kappa shape index (κ1) is 14.8. The summed E-state index contributed by atoms with van der Waals surface area (Å²) in [5.41, 5.74) is 0.980. The molecule has 0 saturated carbocycles. The summed E-state index contributed by atoms with van der Waals surface area (Å²) in [6, 6.07) is 13.6. The number of carbonyl (C=O) groups is 1. The molecule has 1 aromatic heterocycles. The molecule has 2 atom stereocenters. The number of ether oxygens (including phenoxy) is 2. The second kappa shape index (κ2) is 6.03. The van der Waals surface area contributed by atoms with E-state index >= 15 is 0 Å². The number of rotatable bonds is 4. The number of hydrogen-bond donors (Lipinski definition) is 0. The minimum absolute atomic E-state index is 0.0319. The average Bonchev–Trinajstić information content (AvgIpc) is 3.15. The van der Waals surface area contributed by atoms with Crippen molar-refractivity contribution in [1.82, 2.24) is 9.88 Å². The van der Waals surface area contributed by atoms with E-state index in [2.05, 4.69) is 9.88 Å². The van der Waals surface area contributed by atoms with E-state index < -0.39 is 0 Å². The Bertz CT molecular complexity index is 737. The molecule has 2 aliphatic rings. The topological polar surface area (TPSA) is 54.9 Å². The predicted molar refractivity (Wildman–Crippen MR) is 89.0 cm³/mol. The van der Waals surface area contributed by atoms with Gasteiger partial charge in [0.05, 0.1) is 26.2 Å². The third-order valence-electron chi connectivity index (χ3n) is 4.63. The van der Waals surface area contributed by atoms with Gasteiger partial charge in [-0.15, -0.1) is 0 Å². The van der Waals surface area contributed by atoms with Gasteiger partial charge in [-0.1, -0.05) is 24.3 Å². The van der Waals surface area contributed by atoms with Gasteiger partial charge in [0.25, 0.3) is 0 Å². The Balaban J connectivity index is 1.53. The van der Waals surface area contributed by atoms with Crippen molar-refractivity contribution in [3.63, 3.8) is 0 Å². The number of pyridine rings is 1. The zero-order valence-electron chi connectivity index (χ0n) is 13.5. The summed E-state index contributed by atoms with van der Waals surface area (Å²) >= 11 is 0. The Labute approximate surface area is 140 Å². The number of aromatic nitrogens is 1. The largest absolute Gasteiger partial charge is 0.496 e. The molecule has 2 saturated heterocycles. The van der Waals surface area contributed by atoms with E-state index in [1.165, 1.54) is 0 Å². The second-order valence-electron chi connectivity index (χ2n) is 6.02. The monoisotopic (exact) mass is 325 g/mol. The highest BCUT2D eigenvalue weighted by Gasteiger charge is 2.48. The Morgan fingerprint density at radius 2 is 2.04 bits per heavy atom. The molecule has 0 unspecified atom stereocenters. The van der Waals surface area contributed by atoms with E-state index in [1.807, 2.05) is 42.5 Å². The van der Waals surface area contributed by atoms with Crippen molar-refractivity contribution in [1.29, 1.82) is 0 Å². The van der Waals surface area contributed by atoms with Crippen molar-refractivity contribution in [3.05, 3.63) is 54.2 Å². The van der Waals surface area contributed by atoms with Crippen molar-refractivity contribution in [2.45, 2.75) is 18.7 Å². The quantitative estimate of drug-likeness (QED) is 0.863. The van der Waals surface area contributed by atoms with E-state index in [-0.39, 0.29) is 18.2 Å². The van der Waals surface area contributed by atoms with Crippen LogP contribution in [0.2, 0.25) is 0 Å². The lowest BCUT2D eigenvalue weighted by Gasteiger charge is -2.23. The third-order valence-corrected chi connectivity index (χ3v) is 4.63. The van der Waals surface area contributed by atoms with Crippen LogP contribution in [0.4, 0.5) is 10.6 Å². The average molecular weight is 325 g/mol. The molecule has 2 aliphatic heterocycles. The number of amides is 1. The van der Waals surface area contributed by atoms with Gasteiger partial charge in [0, 0.05) is 18.3 Å². The van der Waals surface area contributed by atoms with Crippen LogP contribution in [0, 0.1) is 0 Å². The lowest BCUT2D eigenvalue weighted by molar-refractivity contribution is 0.135. The fraction of sp³-hybridized carbons (Fsp3) is 0.333. The molecule has 1 aromatic carbocycles. The summed E-state index contributed by atoms with van der Waals surface area (Å²) < 4.78 is 11.0. The van der Waals surface area contributed by atoms with Crippen LogP contribution in [0.3, 0.4) is 0 Å². The summed E-state index contributed by atoms with van der Waals surface area (Å²) in [6.45, 7) is 1.89. The molecule has 1 amide bonds. The van der Waals surface area contributed by atoms with Crippen LogP contribution < -0.4 is 9.64 Å². The van der Waals surface area contributed by atoms with Crippen LogP contribution in [0.15, 0.2) is 48.7 Å². The number of benzene rings is 1. The summed E-state index contributed by atoms with van der Waals surface area (Å²) in [5, 5.41) is 0. The van der Waals surface area contributed by atoms with Gasteiger partial charge in [-0.2, -0.15) is 0 Å². The maximum atomic E-state index is 12.3. The smallest absolute Gasteiger partial charge is 0.410 e. The van der Waals surface area contributed by atoms with Crippen LogP contribution in [0.25, 0.3) is 0 Å². The van der Waals surface area contributed by atoms with E-state index in [0.717, 1.165) is 23.7 Å². The molecular weight excluding hydrogens is 306 g/mol. The highest BCUT2D eigenvalue weighted by molar-refractivity contribution is 5.72. The standard InChI is InChI=1S/C18H19N3O3/c1-23-15-7-3-2-6-13(15)10-21-14-11-20(12-16(14)24-18(21)22)17-8-4-5-9-19-17/h2-9,14,16H,10-12H2,1H3/t14-,16+/m0/s1. The minimum Gasteiger partial charge on any atom is -0.496 e. The highest BCUT2D eigenvalue weighted by atomic mass is 16.6. The third kappa shape index (κ3) is 2.54. The first-order valence-electron chi connectivity index (χ1n) is 8.01. The maximum absolute atomic E-state index is 12.3. The van der Waals surface area contributed by atoms with Gasteiger partial charge in [0.2, 0.25) is 0 Å².